The average Bonchev–Trinajstić information content (AvgIpc) is 3.09. The molecule has 0 amide bonds. The molecule has 1 N–H and O–H groups in total. The summed E-state index contributed by atoms with van der Waals surface area (Å²) < 4.78 is 7.79. The highest BCUT2D eigenvalue weighted by Crippen LogP contribution is 2.35. The van der Waals surface area contributed by atoms with Gasteiger partial charge in [-0.2, -0.15) is 5.10 Å². The molecule has 20 heavy (non-hydrogen) atoms. The summed E-state index contributed by atoms with van der Waals surface area (Å²) in [6.07, 6.45) is 3.96. The number of nitrogens with one attached hydrogen (secondary N) is 1. The van der Waals surface area contributed by atoms with Gasteiger partial charge in [0.2, 0.25) is 0 Å². The highest BCUT2D eigenvalue weighted by molar-refractivity contribution is 5.47. The van der Waals surface area contributed by atoms with Crippen LogP contribution in [0.4, 0.5) is 0 Å². The first-order valence-corrected chi connectivity index (χ1v) is 7.27. The summed E-state index contributed by atoms with van der Waals surface area (Å²) in [5, 5.41) is 7.92. The molecule has 0 saturated heterocycles. The van der Waals surface area contributed by atoms with Crippen LogP contribution in [0.1, 0.15) is 36.2 Å². The van der Waals surface area contributed by atoms with Gasteiger partial charge in [0.15, 0.2) is 0 Å². The Balaban J connectivity index is 2.02. The van der Waals surface area contributed by atoms with Crippen LogP contribution in [0.5, 0.6) is 5.75 Å². The highest BCUT2D eigenvalue weighted by atomic mass is 16.5. The number of ether oxygens (including phenoxy) is 1. The van der Waals surface area contributed by atoms with Crippen molar-refractivity contribution < 1.29 is 4.74 Å². The van der Waals surface area contributed by atoms with E-state index in [0.717, 1.165) is 31.7 Å². The lowest BCUT2D eigenvalue weighted by Crippen LogP contribution is -2.25. The number of nitrogens with zero attached hydrogens (tertiary/aromatic N) is 2. The fourth-order valence-electron chi connectivity index (χ4n) is 2.80. The zero-order valence-electron chi connectivity index (χ0n) is 12.1. The predicted octanol–water partition coefficient (Wildman–Crippen LogP) is 2.44. The van der Waals surface area contributed by atoms with Crippen LogP contribution in [0.25, 0.3) is 0 Å². The van der Waals surface area contributed by atoms with Gasteiger partial charge in [-0.1, -0.05) is 25.1 Å². The third kappa shape index (κ3) is 2.31. The summed E-state index contributed by atoms with van der Waals surface area (Å²) in [6, 6.07) is 8.65. The van der Waals surface area contributed by atoms with Crippen LogP contribution >= 0.6 is 0 Å². The van der Waals surface area contributed by atoms with Crippen molar-refractivity contribution in [1.29, 1.82) is 0 Å². The van der Waals surface area contributed by atoms with E-state index in [-0.39, 0.29) is 6.04 Å². The Morgan fingerprint density at radius 1 is 1.40 bits per heavy atom. The van der Waals surface area contributed by atoms with Crippen LogP contribution in [0, 0.1) is 0 Å². The van der Waals surface area contributed by atoms with E-state index < -0.39 is 0 Å². The normalized spacial score (nSPS) is 14.9. The maximum Gasteiger partial charge on any atom is 0.127 e. The van der Waals surface area contributed by atoms with Gasteiger partial charge in [-0.3, -0.25) is 4.68 Å². The molecule has 4 heteroatoms. The summed E-state index contributed by atoms with van der Waals surface area (Å²) in [5.41, 5.74) is 3.70. The molecule has 0 fully saturated rings. The minimum absolute atomic E-state index is 0.135. The summed E-state index contributed by atoms with van der Waals surface area (Å²) in [6.45, 7) is 3.94. The van der Waals surface area contributed by atoms with Gasteiger partial charge in [0.1, 0.15) is 5.75 Å². The van der Waals surface area contributed by atoms with Crippen LogP contribution < -0.4 is 10.1 Å². The lowest BCUT2D eigenvalue weighted by molar-refractivity contribution is 0.349. The molecule has 0 spiro atoms. The SMILES string of the molecule is CCCNC(c1cccc2c1OCC2)c1ccnn1C. The first kappa shape index (κ1) is 13.2. The van der Waals surface area contributed by atoms with E-state index in [9.17, 15) is 0 Å². The van der Waals surface area contributed by atoms with Gasteiger partial charge in [0.05, 0.1) is 18.3 Å². The zero-order chi connectivity index (χ0) is 13.9. The Labute approximate surface area is 119 Å². The monoisotopic (exact) mass is 271 g/mol. The second kappa shape index (κ2) is 5.67. The van der Waals surface area contributed by atoms with E-state index in [1.54, 1.807) is 0 Å². The Hall–Kier alpha value is -1.81. The van der Waals surface area contributed by atoms with Crippen molar-refractivity contribution in [2.45, 2.75) is 25.8 Å². The lowest BCUT2D eigenvalue weighted by Gasteiger charge is -2.21. The summed E-state index contributed by atoms with van der Waals surface area (Å²) in [4.78, 5) is 0. The van der Waals surface area contributed by atoms with Gasteiger partial charge < -0.3 is 10.1 Å². The molecule has 1 unspecified atom stereocenters. The number of aromatic nitrogens is 2. The molecule has 2 aromatic rings. The van der Waals surface area contributed by atoms with E-state index in [1.807, 2.05) is 17.9 Å². The number of para-hydroxylation sites is 1. The molecule has 0 radical (unpaired) electrons. The molecular weight excluding hydrogens is 250 g/mol. The van der Waals surface area contributed by atoms with Gasteiger partial charge in [-0.25, -0.2) is 0 Å². The van der Waals surface area contributed by atoms with Gasteiger partial charge in [-0.05, 0) is 24.6 Å². The number of aryl methyl sites for hydroxylation is 1. The topological polar surface area (TPSA) is 39.1 Å². The van der Waals surface area contributed by atoms with Crippen LogP contribution in [0.2, 0.25) is 0 Å². The molecule has 106 valence electrons. The average molecular weight is 271 g/mol. The first-order valence-electron chi connectivity index (χ1n) is 7.27. The molecule has 1 aromatic carbocycles. The molecule has 0 aliphatic carbocycles. The van der Waals surface area contributed by atoms with Crippen molar-refractivity contribution in [3.8, 4) is 5.75 Å². The Kier molecular flexibility index (Phi) is 3.74. The molecule has 3 rings (SSSR count). The fraction of sp³-hybridized carbons (Fsp3) is 0.438. The largest absolute Gasteiger partial charge is 0.493 e. The highest BCUT2D eigenvalue weighted by Gasteiger charge is 2.24. The van der Waals surface area contributed by atoms with Crippen molar-refractivity contribution in [2.75, 3.05) is 13.2 Å². The van der Waals surface area contributed by atoms with E-state index in [1.165, 1.54) is 16.8 Å². The second-order valence-corrected chi connectivity index (χ2v) is 5.20. The van der Waals surface area contributed by atoms with Gasteiger partial charge in [-0.15, -0.1) is 0 Å². The standard InChI is InChI=1S/C16H21N3O/c1-3-9-17-15(14-7-10-18-19(14)2)13-6-4-5-12-8-11-20-16(12)13/h4-7,10,15,17H,3,8-9,11H2,1-2H3. The second-order valence-electron chi connectivity index (χ2n) is 5.20. The van der Waals surface area contributed by atoms with E-state index in [4.69, 9.17) is 4.74 Å². The van der Waals surface area contributed by atoms with Crippen LogP contribution in [0.15, 0.2) is 30.5 Å². The number of fused-ring (bicyclic) bond motifs is 1. The Morgan fingerprint density at radius 2 is 2.30 bits per heavy atom. The molecule has 2 heterocycles. The minimum Gasteiger partial charge on any atom is -0.493 e. The van der Waals surface area contributed by atoms with Crippen molar-refractivity contribution in [3.63, 3.8) is 0 Å². The fourth-order valence-corrected chi connectivity index (χ4v) is 2.80. The van der Waals surface area contributed by atoms with Crippen LogP contribution in [-0.2, 0) is 13.5 Å². The van der Waals surface area contributed by atoms with Crippen molar-refractivity contribution in [1.82, 2.24) is 15.1 Å². The van der Waals surface area contributed by atoms with Crippen molar-refractivity contribution >= 4 is 0 Å². The van der Waals surface area contributed by atoms with Gasteiger partial charge >= 0.3 is 0 Å². The van der Waals surface area contributed by atoms with E-state index in [0.29, 0.717) is 0 Å². The zero-order valence-corrected chi connectivity index (χ0v) is 12.1. The number of benzene rings is 1. The van der Waals surface area contributed by atoms with E-state index >= 15 is 0 Å². The lowest BCUT2D eigenvalue weighted by atomic mass is 9.99. The maximum absolute atomic E-state index is 5.86. The Morgan fingerprint density at radius 3 is 3.05 bits per heavy atom. The van der Waals surface area contributed by atoms with Crippen LogP contribution in [0.3, 0.4) is 0 Å². The number of hydrogen-bond acceptors (Lipinski definition) is 3. The third-order valence-electron chi connectivity index (χ3n) is 3.81. The molecule has 1 aliphatic heterocycles. The molecule has 4 nitrogen and oxygen atoms in total. The molecular formula is C16H21N3O. The number of hydrogen-bond donors (Lipinski definition) is 1. The molecule has 1 atom stereocenters. The first-order chi connectivity index (χ1) is 9.81. The quantitative estimate of drug-likeness (QED) is 0.908. The third-order valence-corrected chi connectivity index (χ3v) is 3.81. The van der Waals surface area contributed by atoms with E-state index in [2.05, 4.69) is 41.6 Å². The minimum atomic E-state index is 0.135. The summed E-state index contributed by atoms with van der Waals surface area (Å²) in [7, 11) is 1.99. The van der Waals surface area contributed by atoms with Crippen LogP contribution in [-0.4, -0.2) is 22.9 Å². The predicted molar refractivity (Wildman–Crippen MR) is 79.0 cm³/mol. The summed E-state index contributed by atoms with van der Waals surface area (Å²) in [5.74, 6) is 1.06. The number of rotatable bonds is 5. The molecule has 1 aromatic heterocycles. The molecule has 0 saturated carbocycles. The maximum atomic E-state index is 5.86. The molecule has 0 bridgehead atoms. The van der Waals surface area contributed by atoms with Crippen molar-refractivity contribution in [2.24, 2.45) is 7.05 Å². The Bertz CT molecular complexity index is 591. The van der Waals surface area contributed by atoms with Gasteiger partial charge in [0, 0.05) is 25.2 Å². The van der Waals surface area contributed by atoms with Gasteiger partial charge in [0.25, 0.3) is 0 Å². The smallest absolute Gasteiger partial charge is 0.127 e. The summed E-state index contributed by atoms with van der Waals surface area (Å²) >= 11 is 0. The molecule has 1 aliphatic rings. The van der Waals surface area contributed by atoms with Crippen molar-refractivity contribution in [3.05, 3.63) is 47.3 Å².